The van der Waals surface area contributed by atoms with Gasteiger partial charge in [0.15, 0.2) is 5.17 Å². The molecular weight excluding hydrogens is 408 g/mol. The molecule has 1 amide bonds. The lowest BCUT2D eigenvalue weighted by atomic mass is 10.2. The SMILES string of the molecule is COc1ccc(Cl)cc1/C=C1\SC(=Nc2ccccc2)N(Cc2ccco2)C1=O. The molecule has 0 N–H and O–H groups in total. The molecular formula is C22H17ClN2O3S. The van der Waals surface area contributed by atoms with Gasteiger partial charge in [-0.2, -0.15) is 0 Å². The Bertz CT molecular complexity index is 1080. The molecule has 0 atom stereocenters. The number of halogens is 1. The largest absolute Gasteiger partial charge is 0.496 e. The summed E-state index contributed by atoms with van der Waals surface area (Å²) in [6.45, 7) is 0.300. The molecule has 5 nitrogen and oxygen atoms in total. The van der Waals surface area contributed by atoms with E-state index in [0.717, 1.165) is 11.3 Å². The molecule has 0 radical (unpaired) electrons. The molecule has 0 spiro atoms. The third-order valence-corrected chi connectivity index (χ3v) is 5.48. The Kier molecular flexibility index (Phi) is 5.74. The minimum absolute atomic E-state index is 0.150. The van der Waals surface area contributed by atoms with E-state index in [4.69, 9.17) is 20.8 Å². The molecule has 0 saturated carbocycles. The van der Waals surface area contributed by atoms with Gasteiger partial charge in [0, 0.05) is 10.6 Å². The van der Waals surface area contributed by atoms with Crippen LogP contribution in [0.4, 0.5) is 5.69 Å². The maximum Gasteiger partial charge on any atom is 0.267 e. The number of aliphatic imine (C=N–C) groups is 1. The highest BCUT2D eigenvalue weighted by molar-refractivity contribution is 8.18. The molecule has 4 rings (SSSR count). The smallest absolute Gasteiger partial charge is 0.267 e. The first-order chi connectivity index (χ1) is 14.1. The van der Waals surface area contributed by atoms with Gasteiger partial charge in [-0.15, -0.1) is 0 Å². The fraction of sp³-hybridized carbons (Fsp3) is 0.0909. The summed E-state index contributed by atoms with van der Waals surface area (Å²) < 4.78 is 10.8. The van der Waals surface area contributed by atoms with Gasteiger partial charge in [0.1, 0.15) is 11.5 Å². The summed E-state index contributed by atoms with van der Waals surface area (Å²) in [7, 11) is 1.58. The van der Waals surface area contributed by atoms with Crippen LogP contribution in [0.5, 0.6) is 5.75 Å². The van der Waals surface area contributed by atoms with Crippen LogP contribution in [0.2, 0.25) is 5.02 Å². The summed E-state index contributed by atoms with van der Waals surface area (Å²) >= 11 is 7.44. The van der Waals surface area contributed by atoms with Gasteiger partial charge < -0.3 is 9.15 Å². The van der Waals surface area contributed by atoms with Crippen LogP contribution in [0.1, 0.15) is 11.3 Å². The van der Waals surface area contributed by atoms with E-state index in [0.29, 0.717) is 33.1 Å². The number of hydrogen-bond acceptors (Lipinski definition) is 5. The molecule has 1 aromatic heterocycles. The molecule has 1 aliphatic rings. The first-order valence-electron chi connectivity index (χ1n) is 8.85. The molecule has 7 heteroatoms. The van der Waals surface area contributed by atoms with E-state index in [9.17, 15) is 4.79 Å². The number of carbonyl (C=O) groups excluding carboxylic acids is 1. The molecule has 0 aliphatic carbocycles. The van der Waals surface area contributed by atoms with Crippen molar-refractivity contribution in [2.75, 3.05) is 7.11 Å². The summed E-state index contributed by atoms with van der Waals surface area (Å²) in [4.78, 5) is 20.0. The second-order valence-corrected chi connectivity index (χ2v) is 7.64. The van der Waals surface area contributed by atoms with Crippen molar-refractivity contribution >= 4 is 46.2 Å². The van der Waals surface area contributed by atoms with Crippen molar-refractivity contribution in [1.29, 1.82) is 0 Å². The summed E-state index contributed by atoms with van der Waals surface area (Å²) in [5.74, 6) is 1.17. The summed E-state index contributed by atoms with van der Waals surface area (Å²) in [5, 5.41) is 1.16. The van der Waals surface area contributed by atoms with E-state index in [1.54, 1.807) is 48.6 Å². The van der Waals surface area contributed by atoms with Crippen LogP contribution in [0, 0.1) is 0 Å². The van der Waals surface area contributed by atoms with Crippen molar-refractivity contribution in [2.24, 2.45) is 4.99 Å². The highest BCUT2D eigenvalue weighted by Gasteiger charge is 2.34. The average molecular weight is 425 g/mol. The molecule has 2 heterocycles. The topological polar surface area (TPSA) is 55.0 Å². The van der Waals surface area contributed by atoms with Gasteiger partial charge in [0.25, 0.3) is 5.91 Å². The van der Waals surface area contributed by atoms with E-state index >= 15 is 0 Å². The Morgan fingerprint density at radius 3 is 2.72 bits per heavy atom. The zero-order valence-corrected chi connectivity index (χ0v) is 17.1. The highest BCUT2D eigenvalue weighted by atomic mass is 35.5. The van der Waals surface area contributed by atoms with Gasteiger partial charge in [0.2, 0.25) is 0 Å². The standard InChI is InChI=1S/C22H17ClN2O3S/c1-27-19-10-9-16(23)12-15(19)13-20-21(26)25(14-18-8-5-11-28-18)22(29-20)24-17-6-3-2-4-7-17/h2-13H,14H2,1H3/b20-13-,24-22?. The maximum atomic E-state index is 13.2. The van der Waals surface area contributed by atoms with Crippen molar-refractivity contribution in [2.45, 2.75) is 6.54 Å². The predicted octanol–water partition coefficient (Wildman–Crippen LogP) is 5.75. The molecule has 1 aliphatic heterocycles. The number of furan rings is 1. The summed E-state index contributed by atoms with van der Waals surface area (Å²) in [5.41, 5.74) is 1.50. The van der Waals surface area contributed by atoms with Crippen molar-refractivity contribution in [3.63, 3.8) is 0 Å². The average Bonchev–Trinajstić information content (AvgIpc) is 3.33. The first kappa shape index (κ1) is 19.4. The van der Waals surface area contributed by atoms with Gasteiger partial charge in [-0.3, -0.25) is 9.69 Å². The van der Waals surface area contributed by atoms with E-state index < -0.39 is 0 Å². The number of hydrogen-bond donors (Lipinski definition) is 0. The van der Waals surface area contributed by atoms with Crippen LogP contribution in [0.25, 0.3) is 6.08 Å². The maximum absolute atomic E-state index is 13.2. The number of nitrogens with zero attached hydrogens (tertiary/aromatic N) is 2. The Morgan fingerprint density at radius 1 is 1.17 bits per heavy atom. The van der Waals surface area contributed by atoms with Crippen LogP contribution in [-0.4, -0.2) is 23.1 Å². The lowest BCUT2D eigenvalue weighted by Gasteiger charge is -2.13. The number of amides is 1. The van der Waals surface area contributed by atoms with Crippen molar-refractivity contribution in [1.82, 2.24) is 4.90 Å². The van der Waals surface area contributed by atoms with Crippen molar-refractivity contribution in [3.05, 3.63) is 88.2 Å². The lowest BCUT2D eigenvalue weighted by molar-refractivity contribution is -0.122. The van der Waals surface area contributed by atoms with E-state index in [1.807, 2.05) is 36.4 Å². The minimum atomic E-state index is -0.150. The number of ether oxygens (including phenoxy) is 1. The molecule has 2 aromatic carbocycles. The minimum Gasteiger partial charge on any atom is -0.496 e. The highest BCUT2D eigenvalue weighted by Crippen LogP contribution is 2.37. The van der Waals surface area contributed by atoms with Crippen LogP contribution in [0.3, 0.4) is 0 Å². The molecule has 1 saturated heterocycles. The summed E-state index contributed by atoms with van der Waals surface area (Å²) in [6, 6.07) is 18.4. The van der Waals surface area contributed by atoms with Crippen LogP contribution >= 0.6 is 23.4 Å². The normalized spacial score (nSPS) is 16.8. The summed E-state index contributed by atoms with van der Waals surface area (Å²) in [6.07, 6.45) is 3.37. The Labute approximate surface area is 177 Å². The number of rotatable bonds is 5. The van der Waals surface area contributed by atoms with E-state index in [1.165, 1.54) is 11.8 Å². The third-order valence-electron chi connectivity index (χ3n) is 4.24. The molecule has 3 aromatic rings. The third kappa shape index (κ3) is 4.39. The lowest BCUT2D eigenvalue weighted by Crippen LogP contribution is -2.28. The van der Waals surface area contributed by atoms with Crippen LogP contribution in [0.15, 0.2) is 81.2 Å². The molecule has 146 valence electrons. The number of methoxy groups -OCH3 is 1. The van der Waals surface area contributed by atoms with Crippen LogP contribution in [-0.2, 0) is 11.3 Å². The quantitative estimate of drug-likeness (QED) is 0.489. The first-order valence-corrected chi connectivity index (χ1v) is 10.0. The van der Waals surface area contributed by atoms with Gasteiger partial charge in [-0.25, -0.2) is 4.99 Å². The zero-order valence-electron chi connectivity index (χ0n) is 15.5. The number of carbonyl (C=O) groups is 1. The fourth-order valence-corrected chi connectivity index (χ4v) is 4.03. The number of benzene rings is 2. The van der Waals surface area contributed by atoms with Gasteiger partial charge in [-0.05, 0) is 60.3 Å². The predicted molar refractivity (Wildman–Crippen MR) is 116 cm³/mol. The van der Waals surface area contributed by atoms with Gasteiger partial charge in [-0.1, -0.05) is 29.8 Å². The van der Waals surface area contributed by atoms with E-state index in [-0.39, 0.29) is 5.91 Å². The molecule has 0 bridgehead atoms. The number of amidine groups is 1. The number of thioether (sulfide) groups is 1. The Hall–Kier alpha value is -2.96. The Morgan fingerprint density at radius 2 is 2.00 bits per heavy atom. The van der Waals surface area contributed by atoms with Crippen molar-refractivity contribution < 1.29 is 13.9 Å². The second kappa shape index (κ2) is 8.59. The Balaban J connectivity index is 1.73. The molecule has 29 heavy (non-hydrogen) atoms. The zero-order chi connectivity index (χ0) is 20.2. The van der Waals surface area contributed by atoms with Crippen molar-refractivity contribution in [3.8, 4) is 5.75 Å². The molecule has 0 unspecified atom stereocenters. The van der Waals surface area contributed by atoms with Gasteiger partial charge >= 0.3 is 0 Å². The van der Waals surface area contributed by atoms with E-state index in [2.05, 4.69) is 4.99 Å². The van der Waals surface area contributed by atoms with Gasteiger partial charge in [0.05, 0.1) is 30.5 Å². The monoisotopic (exact) mass is 424 g/mol. The van der Waals surface area contributed by atoms with Crippen LogP contribution < -0.4 is 4.74 Å². The number of para-hydroxylation sites is 1. The fourth-order valence-electron chi connectivity index (χ4n) is 2.86. The second-order valence-electron chi connectivity index (χ2n) is 6.20. The molecule has 1 fully saturated rings.